The van der Waals surface area contributed by atoms with E-state index in [1.165, 1.54) is 24.3 Å². The quantitative estimate of drug-likeness (QED) is 0.608. The Morgan fingerprint density at radius 1 is 1.21 bits per heavy atom. The number of aromatic nitrogens is 3. The first kappa shape index (κ1) is 19.0. The van der Waals surface area contributed by atoms with Crippen molar-refractivity contribution >= 4 is 11.9 Å². The van der Waals surface area contributed by atoms with Crippen LogP contribution in [0.2, 0.25) is 0 Å². The second-order valence-corrected chi connectivity index (χ2v) is 5.66. The molecular formula is C18H15FN4O5. The Morgan fingerprint density at radius 2 is 2.04 bits per heavy atom. The van der Waals surface area contributed by atoms with Gasteiger partial charge in [0, 0.05) is 11.6 Å². The number of benzene rings is 1. The van der Waals surface area contributed by atoms with Crippen LogP contribution in [-0.2, 0) is 16.1 Å². The van der Waals surface area contributed by atoms with E-state index in [2.05, 4.69) is 20.1 Å². The minimum atomic E-state index is -0.832. The van der Waals surface area contributed by atoms with E-state index in [1.807, 2.05) is 0 Å². The van der Waals surface area contributed by atoms with Crippen LogP contribution < -0.4 is 10.5 Å². The molecule has 0 spiro atoms. The highest BCUT2D eigenvalue weighted by molar-refractivity contribution is 5.89. The number of carbonyl (C=O) groups excluding carboxylic acids is 2. The fourth-order valence-electron chi connectivity index (χ4n) is 2.29. The van der Waals surface area contributed by atoms with Gasteiger partial charge in [-0.1, -0.05) is 17.3 Å². The van der Waals surface area contributed by atoms with Crippen LogP contribution in [0, 0.1) is 12.7 Å². The number of carbonyl (C=O) groups is 2. The van der Waals surface area contributed by atoms with Gasteiger partial charge < -0.3 is 19.7 Å². The number of amides is 1. The Balaban J connectivity index is 1.69. The molecule has 2 heterocycles. The fraction of sp³-hybridized carbons (Fsp3) is 0.167. The number of halogens is 1. The molecule has 1 aromatic carbocycles. The minimum absolute atomic E-state index is 0.0430. The van der Waals surface area contributed by atoms with Crippen molar-refractivity contribution < 1.29 is 28.0 Å². The third kappa shape index (κ3) is 4.47. The van der Waals surface area contributed by atoms with Crippen LogP contribution in [0.15, 0.2) is 40.9 Å². The van der Waals surface area contributed by atoms with Crippen LogP contribution in [0.3, 0.4) is 0 Å². The zero-order chi connectivity index (χ0) is 20.1. The number of nitrogens with two attached hydrogens (primary N) is 1. The van der Waals surface area contributed by atoms with E-state index in [1.54, 1.807) is 19.1 Å². The van der Waals surface area contributed by atoms with Crippen molar-refractivity contribution in [3.8, 4) is 17.1 Å². The lowest BCUT2D eigenvalue weighted by molar-refractivity contribution is -0.121. The van der Waals surface area contributed by atoms with E-state index in [0.717, 1.165) is 0 Å². The van der Waals surface area contributed by atoms with Crippen LogP contribution in [0.25, 0.3) is 11.3 Å². The van der Waals surface area contributed by atoms with Gasteiger partial charge in [0.15, 0.2) is 12.3 Å². The zero-order valence-electron chi connectivity index (χ0n) is 14.7. The number of ether oxygens (including phenoxy) is 2. The topological polar surface area (TPSA) is 130 Å². The normalized spacial score (nSPS) is 10.5. The largest absolute Gasteiger partial charge is 0.472 e. The minimum Gasteiger partial charge on any atom is -0.472 e. The molecule has 3 rings (SSSR count). The average molecular weight is 386 g/mol. The van der Waals surface area contributed by atoms with E-state index in [0.29, 0.717) is 22.6 Å². The monoisotopic (exact) mass is 386 g/mol. The van der Waals surface area contributed by atoms with E-state index < -0.39 is 24.3 Å². The molecule has 0 fully saturated rings. The van der Waals surface area contributed by atoms with E-state index in [9.17, 15) is 14.0 Å². The third-order valence-electron chi connectivity index (χ3n) is 3.64. The number of hydrogen-bond acceptors (Lipinski definition) is 8. The summed E-state index contributed by atoms with van der Waals surface area (Å²) in [5, 5.41) is 11.4. The van der Waals surface area contributed by atoms with E-state index in [4.69, 9.17) is 15.0 Å². The van der Waals surface area contributed by atoms with Crippen LogP contribution in [0.4, 0.5) is 4.39 Å². The molecule has 0 unspecified atom stereocenters. The summed E-state index contributed by atoms with van der Waals surface area (Å²) in [6.45, 7) is 1.20. The van der Waals surface area contributed by atoms with Crippen molar-refractivity contribution in [3.05, 3.63) is 59.2 Å². The SMILES string of the molecule is Cc1onc(-c2cccc(F)c2)c1COc1ccc(C(=O)OCC(N)=O)nn1. The standard InChI is InChI=1S/C18H15FN4O5/c1-10-13(17(23-28-10)11-3-2-4-12(19)7-11)8-26-16-6-5-14(21-22-16)18(25)27-9-15(20)24/h2-7H,8-9H2,1H3,(H2,20,24). The van der Waals surface area contributed by atoms with Crippen molar-refractivity contribution in [1.29, 1.82) is 0 Å². The predicted molar refractivity (Wildman–Crippen MR) is 92.5 cm³/mol. The van der Waals surface area contributed by atoms with Gasteiger partial charge in [-0.15, -0.1) is 10.2 Å². The lowest BCUT2D eigenvalue weighted by Gasteiger charge is -2.06. The Kier molecular flexibility index (Phi) is 5.58. The number of nitrogens with zero attached hydrogens (tertiary/aromatic N) is 3. The van der Waals surface area contributed by atoms with Gasteiger partial charge in [-0.25, -0.2) is 9.18 Å². The zero-order valence-corrected chi connectivity index (χ0v) is 14.7. The van der Waals surface area contributed by atoms with E-state index >= 15 is 0 Å². The second kappa shape index (κ2) is 8.25. The molecule has 0 bridgehead atoms. The fourth-order valence-corrected chi connectivity index (χ4v) is 2.29. The smallest absolute Gasteiger partial charge is 0.359 e. The number of primary amides is 1. The molecule has 2 N–H and O–H groups in total. The summed E-state index contributed by atoms with van der Waals surface area (Å²) in [7, 11) is 0. The molecule has 2 aromatic heterocycles. The highest BCUT2D eigenvalue weighted by Crippen LogP contribution is 2.26. The van der Waals surface area contributed by atoms with Crippen molar-refractivity contribution in [2.24, 2.45) is 5.73 Å². The molecule has 28 heavy (non-hydrogen) atoms. The first-order valence-corrected chi connectivity index (χ1v) is 8.07. The summed E-state index contributed by atoms with van der Waals surface area (Å²) >= 11 is 0. The molecule has 10 heteroatoms. The van der Waals surface area contributed by atoms with Gasteiger partial charge in [0.05, 0.1) is 5.56 Å². The Labute approximate surface area is 158 Å². The third-order valence-corrected chi connectivity index (χ3v) is 3.64. The Morgan fingerprint density at radius 3 is 2.71 bits per heavy atom. The summed E-state index contributed by atoms with van der Waals surface area (Å²) in [5.41, 5.74) is 6.42. The molecule has 0 radical (unpaired) electrons. The highest BCUT2D eigenvalue weighted by Gasteiger charge is 2.17. The number of rotatable bonds is 7. The average Bonchev–Trinajstić information content (AvgIpc) is 3.05. The lowest BCUT2D eigenvalue weighted by Crippen LogP contribution is -2.21. The molecule has 0 saturated heterocycles. The summed E-state index contributed by atoms with van der Waals surface area (Å²) in [6, 6.07) is 8.69. The van der Waals surface area contributed by atoms with Crippen molar-refractivity contribution in [2.75, 3.05) is 6.61 Å². The Hall–Kier alpha value is -3.82. The van der Waals surface area contributed by atoms with Gasteiger partial charge in [-0.05, 0) is 25.1 Å². The molecule has 144 valence electrons. The highest BCUT2D eigenvalue weighted by atomic mass is 19.1. The predicted octanol–water partition coefficient (Wildman–Crippen LogP) is 1.80. The molecule has 3 aromatic rings. The van der Waals surface area contributed by atoms with E-state index in [-0.39, 0.29) is 18.2 Å². The van der Waals surface area contributed by atoms with Gasteiger partial charge in [0.2, 0.25) is 5.88 Å². The molecule has 0 aliphatic carbocycles. The number of aryl methyl sites for hydroxylation is 1. The maximum Gasteiger partial charge on any atom is 0.359 e. The van der Waals surface area contributed by atoms with Gasteiger partial charge in [-0.3, -0.25) is 4.79 Å². The first-order valence-electron chi connectivity index (χ1n) is 8.07. The first-order chi connectivity index (χ1) is 13.4. The summed E-state index contributed by atoms with van der Waals surface area (Å²) in [6.07, 6.45) is 0. The van der Waals surface area contributed by atoms with Crippen LogP contribution >= 0.6 is 0 Å². The molecule has 0 aliphatic heterocycles. The maximum atomic E-state index is 13.5. The summed E-state index contributed by atoms with van der Waals surface area (Å²) in [4.78, 5) is 22.3. The maximum absolute atomic E-state index is 13.5. The summed E-state index contributed by atoms with van der Waals surface area (Å²) in [5.74, 6) is -1.36. The number of esters is 1. The van der Waals surface area contributed by atoms with Gasteiger partial charge in [0.1, 0.15) is 23.9 Å². The van der Waals surface area contributed by atoms with Gasteiger partial charge >= 0.3 is 5.97 Å². The molecule has 0 aliphatic rings. The molecule has 0 atom stereocenters. The second-order valence-electron chi connectivity index (χ2n) is 5.66. The molecule has 1 amide bonds. The van der Waals surface area contributed by atoms with Crippen molar-refractivity contribution in [1.82, 2.24) is 15.4 Å². The van der Waals surface area contributed by atoms with Crippen LogP contribution in [-0.4, -0.2) is 33.8 Å². The molecule has 0 saturated carbocycles. The lowest BCUT2D eigenvalue weighted by atomic mass is 10.1. The molecular weight excluding hydrogens is 371 g/mol. The number of hydrogen-bond donors (Lipinski definition) is 1. The van der Waals surface area contributed by atoms with Crippen LogP contribution in [0.5, 0.6) is 5.88 Å². The van der Waals surface area contributed by atoms with Crippen molar-refractivity contribution in [2.45, 2.75) is 13.5 Å². The van der Waals surface area contributed by atoms with Gasteiger partial charge in [-0.2, -0.15) is 0 Å². The molecule has 9 nitrogen and oxygen atoms in total. The van der Waals surface area contributed by atoms with Crippen LogP contribution in [0.1, 0.15) is 21.8 Å². The van der Waals surface area contributed by atoms with Crippen molar-refractivity contribution in [3.63, 3.8) is 0 Å². The van der Waals surface area contributed by atoms with Gasteiger partial charge in [0.25, 0.3) is 5.91 Å². The Bertz CT molecular complexity index is 1000. The summed E-state index contributed by atoms with van der Waals surface area (Å²) < 4.78 is 28.9.